The number of nitrogens with one attached hydrogen (secondary N) is 1. The van der Waals surface area contributed by atoms with E-state index in [-0.39, 0.29) is 17.7 Å². The number of anilines is 1. The number of nitrogens with zero attached hydrogens (tertiary/aromatic N) is 2. The Hall–Kier alpha value is -1.40. The van der Waals surface area contributed by atoms with Gasteiger partial charge in [0.25, 0.3) is 0 Å². The number of piperazine rings is 1. The Kier molecular flexibility index (Phi) is 6.18. The number of rotatable bonds is 4. The first-order valence-corrected chi connectivity index (χ1v) is 8.73. The van der Waals surface area contributed by atoms with Crippen LogP contribution in [0, 0.1) is 12.8 Å². The molecule has 6 heteroatoms. The molecule has 2 amide bonds. The van der Waals surface area contributed by atoms with Gasteiger partial charge in [-0.3, -0.25) is 14.5 Å². The number of hydrogen-bond acceptors (Lipinski definition) is 3. The van der Waals surface area contributed by atoms with Crippen molar-refractivity contribution in [1.82, 2.24) is 9.80 Å². The molecule has 1 aromatic rings. The van der Waals surface area contributed by atoms with Crippen LogP contribution < -0.4 is 5.32 Å². The lowest BCUT2D eigenvalue weighted by Gasteiger charge is -2.35. The third kappa shape index (κ3) is 5.04. The lowest BCUT2D eigenvalue weighted by atomic mass is 10.1. The van der Waals surface area contributed by atoms with Crippen LogP contribution in [-0.2, 0) is 9.59 Å². The smallest absolute Gasteiger partial charge is 0.238 e. The standard InChI is InChI=1S/C17H24BrN3O2/c1-12(2)17(23)21-8-6-20(7-9-21)11-16(22)19-14-4-5-15(18)13(3)10-14/h4-5,10,12H,6-9,11H2,1-3H3,(H,19,22). The summed E-state index contributed by atoms with van der Waals surface area (Å²) in [4.78, 5) is 28.1. The Labute approximate surface area is 146 Å². The van der Waals surface area contributed by atoms with Gasteiger partial charge >= 0.3 is 0 Å². The molecule has 1 aromatic carbocycles. The average molecular weight is 382 g/mol. The van der Waals surface area contributed by atoms with Crippen molar-refractivity contribution in [3.63, 3.8) is 0 Å². The topological polar surface area (TPSA) is 52.7 Å². The van der Waals surface area contributed by atoms with Crippen molar-refractivity contribution in [1.29, 1.82) is 0 Å². The molecule has 1 aliphatic heterocycles. The molecule has 126 valence electrons. The summed E-state index contributed by atoms with van der Waals surface area (Å²) >= 11 is 3.45. The van der Waals surface area contributed by atoms with E-state index in [2.05, 4.69) is 26.1 Å². The maximum absolute atomic E-state index is 12.2. The lowest BCUT2D eigenvalue weighted by Crippen LogP contribution is -2.51. The number of aryl methyl sites for hydroxylation is 1. The van der Waals surface area contributed by atoms with Crippen molar-refractivity contribution in [2.24, 2.45) is 5.92 Å². The molecule has 0 radical (unpaired) electrons. The van der Waals surface area contributed by atoms with Crippen molar-refractivity contribution in [3.8, 4) is 0 Å². The van der Waals surface area contributed by atoms with Crippen molar-refractivity contribution in [2.75, 3.05) is 38.0 Å². The highest BCUT2D eigenvalue weighted by atomic mass is 79.9. The predicted molar refractivity (Wildman–Crippen MR) is 95.4 cm³/mol. The van der Waals surface area contributed by atoms with Gasteiger partial charge in [0.05, 0.1) is 6.54 Å². The number of carbonyl (C=O) groups is 2. The largest absolute Gasteiger partial charge is 0.340 e. The van der Waals surface area contributed by atoms with Crippen molar-refractivity contribution >= 4 is 33.4 Å². The third-order valence-electron chi connectivity index (χ3n) is 3.99. The van der Waals surface area contributed by atoms with Gasteiger partial charge in [0.1, 0.15) is 0 Å². The molecule has 1 saturated heterocycles. The maximum Gasteiger partial charge on any atom is 0.238 e. The van der Waals surface area contributed by atoms with Crippen LogP contribution in [0.2, 0.25) is 0 Å². The van der Waals surface area contributed by atoms with Crippen molar-refractivity contribution in [2.45, 2.75) is 20.8 Å². The van der Waals surface area contributed by atoms with E-state index in [4.69, 9.17) is 0 Å². The van der Waals surface area contributed by atoms with Gasteiger partial charge in [-0.15, -0.1) is 0 Å². The first-order chi connectivity index (χ1) is 10.9. The highest BCUT2D eigenvalue weighted by molar-refractivity contribution is 9.10. The molecule has 5 nitrogen and oxygen atoms in total. The summed E-state index contributed by atoms with van der Waals surface area (Å²) in [5.41, 5.74) is 1.90. The normalized spacial score (nSPS) is 15.8. The van der Waals surface area contributed by atoms with E-state index in [9.17, 15) is 9.59 Å². The van der Waals surface area contributed by atoms with Gasteiger partial charge in [-0.1, -0.05) is 29.8 Å². The summed E-state index contributed by atoms with van der Waals surface area (Å²) in [6, 6.07) is 5.76. The van der Waals surface area contributed by atoms with Crippen molar-refractivity contribution < 1.29 is 9.59 Å². The Bertz CT molecular complexity index is 581. The van der Waals surface area contributed by atoms with Gasteiger partial charge in [-0.2, -0.15) is 0 Å². The highest BCUT2D eigenvalue weighted by Gasteiger charge is 2.23. The fourth-order valence-corrected chi connectivity index (χ4v) is 2.86. The van der Waals surface area contributed by atoms with E-state index in [0.717, 1.165) is 28.8 Å². The van der Waals surface area contributed by atoms with Gasteiger partial charge in [-0.05, 0) is 30.7 Å². The summed E-state index contributed by atoms with van der Waals surface area (Å²) in [7, 11) is 0. The van der Waals surface area contributed by atoms with Crippen LogP contribution in [0.1, 0.15) is 19.4 Å². The first-order valence-electron chi connectivity index (χ1n) is 7.94. The molecule has 1 aliphatic rings. The second-order valence-electron chi connectivity index (χ2n) is 6.27. The molecule has 0 bridgehead atoms. The average Bonchev–Trinajstić information content (AvgIpc) is 2.51. The minimum atomic E-state index is -0.0182. The monoisotopic (exact) mass is 381 g/mol. The Morgan fingerprint density at radius 2 is 1.87 bits per heavy atom. The second-order valence-corrected chi connectivity index (χ2v) is 7.12. The molecular formula is C17H24BrN3O2. The maximum atomic E-state index is 12.2. The summed E-state index contributed by atoms with van der Waals surface area (Å²) in [5, 5.41) is 2.93. The molecular weight excluding hydrogens is 358 g/mol. The molecule has 23 heavy (non-hydrogen) atoms. The number of carbonyl (C=O) groups excluding carboxylic acids is 2. The zero-order chi connectivity index (χ0) is 17.0. The molecule has 0 spiro atoms. The number of halogens is 1. The van der Waals surface area contributed by atoms with Crippen LogP contribution in [0.25, 0.3) is 0 Å². The predicted octanol–water partition coefficient (Wildman–Crippen LogP) is 2.50. The fourth-order valence-electron chi connectivity index (χ4n) is 2.62. The van der Waals surface area contributed by atoms with Crippen LogP contribution in [0.3, 0.4) is 0 Å². The van der Waals surface area contributed by atoms with E-state index in [1.807, 2.05) is 43.9 Å². The highest BCUT2D eigenvalue weighted by Crippen LogP contribution is 2.20. The molecule has 1 heterocycles. The van der Waals surface area contributed by atoms with Crippen LogP contribution in [0.5, 0.6) is 0 Å². The lowest BCUT2D eigenvalue weighted by molar-refractivity contribution is -0.136. The van der Waals surface area contributed by atoms with E-state index in [0.29, 0.717) is 19.6 Å². The molecule has 1 fully saturated rings. The number of benzene rings is 1. The molecule has 0 unspecified atom stereocenters. The molecule has 0 aliphatic carbocycles. The molecule has 0 saturated carbocycles. The molecule has 0 aromatic heterocycles. The summed E-state index contributed by atoms with van der Waals surface area (Å²) in [5.74, 6) is 0.209. The van der Waals surface area contributed by atoms with Gasteiger partial charge < -0.3 is 10.2 Å². The fraction of sp³-hybridized carbons (Fsp3) is 0.529. The van der Waals surface area contributed by atoms with Crippen molar-refractivity contribution in [3.05, 3.63) is 28.2 Å². The summed E-state index contributed by atoms with van der Waals surface area (Å²) < 4.78 is 1.03. The van der Waals surface area contributed by atoms with Gasteiger partial charge in [0.15, 0.2) is 0 Å². The molecule has 2 rings (SSSR count). The number of amides is 2. The Balaban J connectivity index is 1.80. The molecule has 0 atom stereocenters. The van der Waals surface area contributed by atoms with E-state index in [1.54, 1.807) is 0 Å². The van der Waals surface area contributed by atoms with Crippen LogP contribution in [-0.4, -0.2) is 54.3 Å². The summed E-state index contributed by atoms with van der Waals surface area (Å²) in [6.07, 6.45) is 0. The summed E-state index contributed by atoms with van der Waals surface area (Å²) in [6.45, 7) is 9.06. The Morgan fingerprint density at radius 3 is 2.43 bits per heavy atom. The van der Waals surface area contributed by atoms with E-state index in [1.165, 1.54) is 0 Å². The quantitative estimate of drug-likeness (QED) is 0.871. The van der Waals surface area contributed by atoms with E-state index < -0.39 is 0 Å². The van der Waals surface area contributed by atoms with Crippen LogP contribution in [0.15, 0.2) is 22.7 Å². The minimum Gasteiger partial charge on any atom is -0.340 e. The second kappa shape index (κ2) is 7.93. The zero-order valence-corrected chi connectivity index (χ0v) is 15.5. The Morgan fingerprint density at radius 1 is 1.22 bits per heavy atom. The van der Waals surface area contributed by atoms with E-state index >= 15 is 0 Å². The van der Waals surface area contributed by atoms with Crippen LogP contribution >= 0.6 is 15.9 Å². The number of hydrogen-bond donors (Lipinski definition) is 1. The minimum absolute atomic E-state index is 0.0182. The third-order valence-corrected chi connectivity index (χ3v) is 4.88. The SMILES string of the molecule is Cc1cc(NC(=O)CN2CCN(C(=O)C(C)C)CC2)ccc1Br. The van der Waals surface area contributed by atoms with Crippen LogP contribution in [0.4, 0.5) is 5.69 Å². The zero-order valence-electron chi connectivity index (χ0n) is 13.9. The van der Waals surface area contributed by atoms with Gasteiger partial charge in [-0.25, -0.2) is 0 Å². The molecule has 1 N–H and O–H groups in total. The van der Waals surface area contributed by atoms with Gasteiger partial charge in [0.2, 0.25) is 11.8 Å². The van der Waals surface area contributed by atoms with Gasteiger partial charge in [0, 0.05) is 42.3 Å². The first kappa shape index (κ1) is 17.9.